The lowest BCUT2D eigenvalue weighted by atomic mass is 10.0. The van der Waals surface area contributed by atoms with Crippen LogP contribution in [0.5, 0.6) is 6.01 Å². The number of hydrogen-bond donors (Lipinski definition) is 1. The van der Waals surface area contributed by atoms with Crippen LogP contribution in [0.4, 0.5) is 15.3 Å². The van der Waals surface area contributed by atoms with Crippen molar-refractivity contribution in [2.75, 3.05) is 57.0 Å². The first-order chi connectivity index (χ1) is 20.7. The number of fused-ring (bicyclic) bond motifs is 2. The topological polar surface area (TPSA) is 101 Å². The Morgan fingerprint density at radius 2 is 2.07 bits per heavy atom. The van der Waals surface area contributed by atoms with Crippen molar-refractivity contribution in [2.24, 2.45) is 5.41 Å². The van der Waals surface area contributed by atoms with E-state index in [4.69, 9.17) is 27.1 Å². The smallest absolute Gasteiger partial charge is 0.319 e. The summed E-state index contributed by atoms with van der Waals surface area (Å²) in [6.07, 6.45) is 5.50. The molecule has 3 fully saturated rings. The number of nitrogens with two attached hydrogens (primary N) is 1. The van der Waals surface area contributed by atoms with Crippen molar-refractivity contribution in [3.05, 3.63) is 47.8 Å². The molecule has 0 radical (unpaired) electrons. The van der Waals surface area contributed by atoms with Crippen LogP contribution in [0.3, 0.4) is 0 Å². The van der Waals surface area contributed by atoms with Crippen LogP contribution >= 0.6 is 22.9 Å². The van der Waals surface area contributed by atoms with Gasteiger partial charge in [0.15, 0.2) is 10.9 Å². The fourth-order valence-corrected chi connectivity index (χ4v) is 7.55. The average Bonchev–Trinajstić information content (AvgIpc) is 3.52. The molecule has 1 saturated carbocycles. The van der Waals surface area contributed by atoms with E-state index in [0.29, 0.717) is 60.2 Å². The van der Waals surface area contributed by atoms with E-state index in [1.54, 1.807) is 12.1 Å². The lowest BCUT2D eigenvalue weighted by molar-refractivity contribution is -0.126. The number of nitrogens with zero attached hydrogens (tertiary/aromatic N) is 6. The van der Waals surface area contributed by atoms with Crippen LogP contribution in [0.1, 0.15) is 25.7 Å². The van der Waals surface area contributed by atoms with Gasteiger partial charge in [-0.05, 0) is 57.5 Å². The van der Waals surface area contributed by atoms with Gasteiger partial charge >= 0.3 is 6.01 Å². The van der Waals surface area contributed by atoms with Crippen molar-refractivity contribution >= 4 is 60.9 Å². The van der Waals surface area contributed by atoms with E-state index < -0.39 is 5.82 Å². The van der Waals surface area contributed by atoms with E-state index in [1.807, 2.05) is 17.0 Å². The molecule has 2 saturated heterocycles. The van der Waals surface area contributed by atoms with Gasteiger partial charge in [0.2, 0.25) is 5.91 Å². The molecule has 224 valence electrons. The number of anilines is 2. The minimum Gasteiger partial charge on any atom is -0.462 e. The third kappa shape index (κ3) is 5.17. The molecule has 43 heavy (non-hydrogen) atoms. The quantitative estimate of drug-likeness (QED) is 0.287. The molecule has 7 rings (SSSR count). The highest BCUT2D eigenvalue weighted by molar-refractivity contribution is 7.22. The van der Waals surface area contributed by atoms with Crippen molar-refractivity contribution < 1.29 is 13.9 Å². The summed E-state index contributed by atoms with van der Waals surface area (Å²) in [5.41, 5.74) is 7.46. The van der Waals surface area contributed by atoms with Crippen molar-refractivity contribution in [2.45, 2.75) is 31.7 Å². The highest BCUT2D eigenvalue weighted by Crippen LogP contribution is 2.49. The summed E-state index contributed by atoms with van der Waals surface area (Å²) < 4.78 is 23.8. The average molecular weight is 622 g/mol. The second-order valence-corrected chi connectivity index (χ2v) is 13.4. The molecule has 2 aliphatic heterocycles. The molecule has 1 aliphatic carbocycles. The number of ether oxygens (including phenoxy) is 1. The van der Waals surface area contributed by atoms with Gasteiger partial charge in [0.1, 0.15) is 17.9 Å². The zero-order valence-corrected chi connectivity index (χ0v) is 25.6. The number of benzene rings is 2. The number of likely N-dealkylation sites (N-methyl/N-ethyl adjacent to an activating group) is 1. The van der Waals surface area contributed by atoms with Gasteiger partial charge in [0, 0.05) is 54.1 Å². The minimum absolute atomic E-state index is 0.0392. The molecular formula is C31H33ClFN7O2S. The molecule has 2 N–H and O–H groups in total. The molecule has 0 bridgehead atoms. The van der Waals surface area contributed by atoms with Crippen molar-refractivity contribution in [1.29, 1.82) is 0 Å². The summed E-state index contributed by atoms with van der Waals surface area (Å²) in [5.74, 6) is -0.0872. The highest BCUT2D eigenvalue weighted by Gasteiger charge is 2.48. The van der Waals surface area contributed by atoms with E-state index in [2.05, 4.69) is 33.4 Å². The summed E-state index contributed by atoms with van der Waals surface area (Å²) in [4.78, 5) is 32.8. The Morgan fingerprint density at radius 1 is 1.23 bits per heavy atom. The third-order valence-electron chi connectivity index (χ3n) is 9.06. The number of hydrogen-bond acceptors (Lipinski definition) is 9. The maximum Gasteiger partial charge on any atom is 0.319 e. The molecule has 12 heteroatoms. The van der Waals surface area contributed by atoms with Crippen LogP contribution < -0.4 is 15.4 Å². The lowest BCUT2D eigenvalue weighted by Crippen LogP contribution is -2.35. The molecule has 0 unspecified atom stereocenters. The second kappa shape index (κ2) is 10.9. The largest absolute Gasteiger partial charge is 0.462 e. The Bertz CT molecular complexity index is 1760. The summed E-state index contributed by atoms with van der Waals surface area (Å²) in [6, 6.07) is 7.65. The number of rotatable bonds is 6. The Balaban J connectivity index is 1.36. The molecule has 3 aliphatic rings. The number of likely N-dealkylation sites (tertiary alicyclic amines) is 1. The van der Waals surface area contributed by atoms with E-state index in [1.165, 1.54) is 17.4 Å². The molecule has 2 aromatic heterocycles. The highest BCUT2D eigenvalue weighted by atomic mass is 35.5. The monoisotopic (exact) mass is 621 g/mol. The summed E-state index contributed by atoms with van der Waals surface area (Å²) in [6.45, 7) is 7.48. The Morgan fingerprint density at radius 3 is 2.81 bits per heavy atom. The number of aromatic nitrogens is 3. The van der Waals surface area contributed by atoms with Gasteiger partial charge in [-0.3, -0.25) is 4.79 Å². The first-order valence-electron chi connectivity index (χ1n) is 14.6. The summed E-state index contributed by atoms with van der Waals surface area (Å²) in [5, 5.41) is 1.13. The van der Waals surface area contributed by atoms with Crippen molar-refractivity contribution in [3.8, 4) is 17.1 Å². The van der Waals surface area contributed by atoms with Crippen LogP contribution in [0.2, 0.25) is 5.02 Å². The van der Waals surface area contributed by atoms with E-state index in [0.717, 1.165) is 36.9 Å². The Labute approximate surface area is 258 Å². The number of nitrogen functional groups attached to an aromatic ring is 1. The maximum absolute atomic E-state index is 16.8. The number of carbonyl (C=O) groups excluding carboxylic acids is 1. The third-order valence-corrected chi connectivity index (χ3v) is 10.2. The van der Waals surface area contributed by atoms with Crippen LogP contribution in [0.15, 0.2) is 36.9 Å². The van der Waals surface area contributed by atoms with Gasteiger partial charge in [0.25, 0.3) is 0 Å². The number of halogens is 2. The predicted octanol–water partition coefficient (Wildman–Crippen LogP) is 5.37. The Kier molecular flexibility index (Phi) is 7.14. The van der Waals surface area contributed by atoms with Crippen molar-refractivity contribution in [1.82, 2.24) is 24.8 Å². The molecule has 9 nitrogen and oxygen atoms in total. The standard InChI is InChI=1S/C31H33ClFN7O2S/c1-3-23(41)39-12-13-40(17-31(16-39)9-10-31)28-20-14-21(32)24(19-7-4-8-22-26(19)35-29(34)43-22)25(33)27(20)36-30(37-28)42-15-18-6-5-11-38(18)2/h3-4,7-8,14,18H,1,5-6,9-13,15-17H2,2H3,(H2,34,35)/t18-/m0/s1. The molecule has 1 spiro atoms. The minimum atomic E-state index is -0.563. The zero-order valence-electron chi connectivity index (χ0n) is 24.0. The van der Waals surface area contributed by atoms with Crippen LogP contribution in [0.25, 0.3) is 32.2 Å². The van der Waals surface area contributed by atoms with Crippen LogP contribution in [-0.4, -0.2) is 83.1 Å². The second-order valence-electron chi connectivity index (χ2n) is 12.0. The van der Waals surface area contributed by atoms with Gasteiger partial charge in [-0.2, -0.15) is 9.97 Å². The molecular weight excluding hydrogens is 589 g/mol. The maximum atomic E-state index is 16.8. The lowest BCUT2D eigenvalue weighted by Gasteiger charge is -2.27. The number of para-hydroxylation sites is 1. The zero-order chi connectivity index (χ0) is 29.9. The van der Waals surface area contributed by atoms with E-state index in [-0.39, 0.29) is 39.5 Å². The van der Waals surface area contributed by atoms with Gasteiger partial charge in [-0.25, -0.2) is 9.37 Å². The first-order valence-corrected chi connectivity index (χ1v) is 15.8. The molecule has 1 amide bonds. The van der Waals surface area contributed by atoms with E-state index in [9.17, 15) is 4.79 Å². The van der Waals surface area contributed by atoms with Crippen molar-refractivity contribution in [3.63, 3.8) is 0 Å². The molecule has 4 aromatic rings. The number of thiazole rings is 1. The van der Waals surface area contributed by atoms with Gasteiger partial charge < -0.3 is 25.2 Å². The fourth-order valence-electron chi connectivity index (χ4n) is 6.49. The van der Waals surface area contributed by atoms with Crippen LogP contribution in [-0.2, 0) is 4.79 Å². The predicted molar refractivity (Wildman–Crippen MR) is 169 cm³/mol. The molecule has 4 heterocycles. The fraction of sp³-hybridized carbons (Fsp3) is 0.419. The van der Waals surface area contributed by atoms with Crippen LogP contribution in [0, 0.1) is 11.2 Å². The van der Waals surface area contributed by atoms with Gasteiger partial charge in [-0.1, -0.05) is 41.6 Å². The molecule has 2 aromatic carbocycles. The SMILES string of the molecule is C=CC(=O)N1CCN(c2nc(OC[C@@H]3CCCN3C)nc3c(F)c(-c4cccc5sc(N)nc45)c(Cl)cc23)CC2(CC2)C1. The Hall–Kier alpha value is -3.54. The number of carbonyl (C=O) groups is 1. The summed E-state index contributed by atoms with van der Waals surface area (Å²) in [7, 11) is 2.08. The first kappa shape index (κ1) is 28.2. The number of amides is 1. The summed E-state index contributed by atoms with van der Waals surface area (Å²) >= 11 is 8.22. The van der Waals surface area contributed by atoms with E-state index >= 15 is 4.39 Å². The van der Waals surface area contributed by atoms with Gasteiger partial charge in [-0.15, -0.1) is 0 Å². The van der Waals surface area contributed by atoms with Gasteiger partial charge in [0.05, 0.1) is 15.2 Å². The molecule has 1 atom stereocenters. The normalized spacial score (nSPS) is 20.2.